The molecule has 6 unspecified atom stereocenters. The summed E-state index contributed by atoms with van der Waals surface area (Å²) in [5.74, 6) is -0.857. The molecule has 0 bridgehead atoms. The Balaban J connectivity index is 6.97. The topological polar surface area (TPSA) is 158 Å². The Labute approximate surface area is 425 Å². The second kappa shape index (κ2) is 32.9. The molecule has 0 radical (unpaired) electrons. The summed E-state index contributed by atoms with van der Waals surface area (Å²) in [6.07, 6.45) is 17.6. The van der Waals surface area contributed by atoms with Crippen molar-refractivity contribution in [2.75, 3.05) is 13.2 Å². The molecule has 0 fully saturated rings. The van der Waals surface area contributed by atoms with Gasteiger partial charge in [-0.1, -0.05) is 124 Å². The first-order valence-electron chi connectivity index (χ1n) is 26.3. The fourth-order valence-corrected chi connectivity index (χ4v) is 47.1. The van der Waals surface area contributed by atoms with Gasteiger partial charge in [-0.05, 0) is 121 Å². The molecule has 13 nitrogen and oxygen atoms in total. The summed E-state index contributed by atoms with van der Waals surface area (Å²) >= 11 is 0. The SMILES string of the molecule is C=CC[Si](C)(C)O[Si](C)(CCCCOC(=O)C(=C)C)O[Si](C)(CCC)O[Si](C)(CCCCCCCC)O[Si](C)(O)O[Si](C)(CCCCOC(=O)C(C)C)O[Si](C)(O)O[Si](C)(C)CCCCCCC. The standard InChI is InChI=1S/C47H104O13Si8/c1-19-23-25-27-29-33-41-65(15,57-63(13,39-22-4)56-64(14,54-61(9,10)38-21-3)42-34-30-36-52-46(48)44(5)6)58-68(18,51)60-66(16,43-35-31-37-53-47(49)45(7)8)59-67(17,50)55-62(11,12)40-32-28-26-24-20-2/h21,45,50-51H,3,5,19-20,22-43H2,1-2,4,6-18H3. The molecule has 0 aromatic carbocycles. The van der Waals surface area contributed by atoms with E-state index in [2.05, 4.69) is 73.2 Å². The number of unbranched alkanes of at least 4 members (excludes halogenated alkanes) is 11. The summed E-state index contributed by atoms with van der Waals surface area (Å²) in [6.45, 7) is 40.3. The maximum atomic E-state index is 12.6. The summed E-state index contributed by atoms with van der Waals surface area (Å²) in [7, 11) is -25.2. The van der Waals surface area contributed by atoms with Gasteiger partial charge in [0.05, 0.1) is 19.1 Å². The van der Waals surface area contributed by atoms with Gasteiger partial charge in [-0.25, -0.2) is 4.79 Å². The third-order valence-electron chi connectivity index (χ3n) is 11.6. The minimum absolute atomic E-state index is 0.221. The van der Waals surface area contributed by atoms with Crippen molar-refractivity contribution in [2.24, 2.45) is 5.92 Å². The Morgan fingerprint density at radius 3 is 1.31 bits per heavy atom. The number of rotatable bonds is 43. The lowest BCUT2D eigenvalue weighted by Crippen LogP contribution is -2.64. The van der Waals surface area contributed by atoms with E-state index >= 15 is 0 Å². The second-order valence-corrected chi connectivity index (χ2v) is 50.0. The molecule has 0 spiro atoms. The molecule has 0 aliphatic rings. The Morgan fingerprint density at radius 1 is 0.485 bits per heavy atom. The van der Waals surface area contributed by atoms with Crippen LogP contribution in [0.2, 0.25) is 102 Å². The molecular weight excluding hydrogens is 997 g/mol. The van der Waals surface area contributed by atoms with E-state index in [4.69, 9.17) is 38.3 Å². The molecule has 0 aliphatic heterocycles. The summed E-state index contributed by atoms with van der Waals surface area (Å²) in [4.78, 5) is 48.9. The van der Waals surface area contributed by atoms with Gasteiger partial charge in [0.15, 0.2) is 16.6 Å². The van der Waals surface area contributed by atoms with Crippen LogP contribution in [-0.4, -0.2) is 103 Å². The average Bonchev–Trinajstić information content (AvgIpc) is 3.16. The minimum atomic E-state index is -4.08. The highest BCUT2D eigenvalue weighted by molar-refractivity contribution is 6.92. The van der Waals surface area contributed by atoms with Gasteiger partial charge < -0.3 is 47.9 Å². The number of carbonyl (C=O) groups is 2. The van der Waals surface area contributed by atoms with Gasteiger partial charge in [0.2, 0.25) is 0 Å². The number of allylic oxidation sites excluding steroid dienone is 1. The van der Waals surface area contributed by atoms with Crippen LogP contribution in [0.5, 0.6) is 0 Å². The average molecular weight is 1100 g/mol. The lowest BCUT2D eigenvalue weighted by molar-refractivity contribution is -0.147. The molecule has 0 amide bonds. The van der Waals surface area contributed by atoms with Gasteiger partial charge in [0.1, 0.15) is 0 Å². The molecule has 0 heterocycles. The molecule has 2 N–H and O–H groups in total. The predicted octanol–water partition coefficient (Wildman–Crippen LogP) is 13.7. The van der Waals surface area contributed by atoms with Crippen molar-refractivity contribution in [1.29, 1.82) is 0 Å². The number of esters is 2. The van der Waals surface area contributed by atoms with Crippen LogP contribution in [0.25, 0.3) is 0 Å². The molecule has 0 saturated heterocycles. The van der Waals surface area contributed by atoms with Crippen LogP contribution in [0.3, 0.4) is 0 Å². The first kappa shape index (κ1) is 67.8. The highest BCUT2D eigenvalue weighted by Crippen LogP contribution is 2.36. The predicted molar refractivity (Wildman–Crippen MR) is 298 cm³/mol. The maximum Gasteiger partial charge on any atom is 0.477 e. The van der Waals surface area contributed by atoms with Crippen LogP contribution in [0.1, 0.15) is 144 Å². The molecular formula is C47H104O13Si8. The number of carbonyl (C=O) groups excluding carboxylic acids is 2. The van der Waals surface area contributed by atoms with E-state index < -0.39 is 68.5 Å². The van der Waals surface area contributed by atoms with E-state index in [0.29, 0.717) is 55.6 Å². The van der Waals surface area contributed by atoms with Crippen molar-refractivity contribution in [3.63, 3.8) is 0 Å². The number of ether oxygens (including phenoxy) is 2. The summed E-state index contributed by atoms with van der Waals surface area (Å²) in [6, 6.07) is 4.13. The molecule has 402 valence electrons. The number of hydrogen-bond acceptors (Lipinski definition) is 13. The first-order chi connectivity index (χ1) is 31.3. The van der Waals surface area contributed by atoms with Crippen LogP contribution >= 0.6 is 0 Å². The van der Waals surface area contributed by atoms with Gasteiger partial charge in [-0.2, -0.15) is 0 Å². The van der Waals surface area contributed by atoms with Crippen LogP contribution in [0, 0.1) is 5.92 Å². The molecule has 0 aromatic rings. The molecule has 68 heavy (non-hydrogen) atoms. The Bertz CT molecular complexity index is 1460. The van der Waals surface area contributed by atoms with E-state index in [0.717, 1.165) is 69.9 Å². The van der Waals surface area contributed by atoms with Gasteiger partial charge >= 0.3 is 63.8 Å². The van der Waals surface area contributed by atoms with Crippen molar-refractivity contribution in [3.8, 4) is 0 Å². The molecule has 0 saturated carbocycles. The lowest BCUT2D eigenvalue weighted by atomic mass is 10.1. The lowest BCUT2D eigenvalue weighted by Gasteiger charge is -2.46. The molecule has 21 heteroatoms. The zero-order valence-electron chi connectivity index (χ0n) is 46.4. The number of hydrogen-bond donors (Lipinski definition) is 2. The molecule has 0 aliphatic carbocycles. The normalized spacial score (nSPS) is 17.8. The largest absolute Gasteiger partial charge is 0.477 e. The fraction of sp³-hybridized carbons (Fsp3) is 0.872. The molecule has 0 aromatic heterocycles. The van der Waals surface area contributed by atoms with Crippen LogP contribution in [-0.2, 0) is 47.9 Å². The zero-order valence-corrected chi connectivity index (χ0v) is 54.4. The molecule has 0 rings (SSSR count). The van der Waals surface area contributed by atoms with Crippen molar-refractivity contribution >= 4 is 80.4 Å². The minimum Gasteiger partial charge on any atom is -0.465 e. The highest BCUT2D eigenvalue weighted by Gasteiger charge is 2.55. The van der Waals surface area contributed by atoms with E-state index in [1.54, 1.807) is 20.0 Å². The van der Waals surface area contributed by atoms with Crippen LogP contribution in [0.15, 0.2) is 24.8 Å². The van der Waals surface area contributed by atoms with E-state index in [1.165, 1.54) is 25.7 Å². The van der Waals surface area contributed by atoms with E-state index in [1.807, 2.05) is 33.0 Å². The summed E-state index contributed by atoms with van der Waals surface area (Å²) in [5.41, 5.74) is 0.377. The van der Waals surface area contributed by atoms with Gasteiger partial charge in [-0.3, -0.25) is 4.79 Å². The third kappa shape index (κ3) is 32.1. The summed E-state index contributed by atoms with van der Waals surface area (Å²) < 4.78 is 60.2. The van der Waals surface area contributed by atoms with Crippen molar-refractivity contribution < 1.29 is 57.5 Å². The molecule has 6 atom stereocenters. The summed E-state index contributed by atoms with van der Waals surface area (Å²) in [5, 5.41) is 0. The highest BCUT2D eigenvalue weighted by atomic mass is 28.5. The second-order valence-electron chi connectivity index (χ2n) is 21.6. The third-order valence-corrected chi connectivity index (χ3v) is 43.9. The van der Waals surface area contributed by atoms with Crippen molar-refractivity contribution in [2.45, 2.75) is 246 Å². The van der Waals surface area contributed by atoms with Crippen molar-refractivity contribution in [1.82, 2.24) is 0 Å². The van der Waals surface area contributed by atoms with E-state index in [9.17, 15) is 19.2 Å². The van der Waals surface area contributed by atoms with Crippen LogP contribution < -0.4 is 0 Å². The van der Waals surface area contributed by atoms with Gasteiger partial charge in [0, 0.05) is 18.7 Å². The fourth-order valence-electron chi connectivity index (χ4n) is 8.74. The smallest absolute Gasteiger partial charge is 0.465 e. The van der Waals surface area contributed by atoms with Crippen LogP contribution in [0.4, 0.5) is 0 Å². The first-order valence-corrected chi connectivity index (χ1v) is 47.2. The zero-order chi connectivity index (χ0) is 52.4. The monoisotopic (exact) mass is 1100 g/mol. The van der Waals surface area contributed by atoms with Gasteiger partial charge in [0.25, 0.3) is 0 Å². The van der Waals surface area contributed by atoms with Crippen molar-refractivity contribution in [3.05, 3.63) is 24.8 Å². The van der Waals surface area contributed by atoms with Gasteiger partial charge in [-0.15, -0.1) is 6.58 Å². The quantitative estimate of drug-likeness (QED) is 0.0196. The van der Waals surface area contributed by atoms with E-state index in [-0.39, 0.29) is 24.5 Å². The Kier molecular flexibility index (Phi) is 32.8. The Morgan fingerprint density at radius 2 is 0.868 bits per heavy atom. The maximum absolute atomic E-state index is 12.6. The Hall–Kier alpha value is -0.205.